The number of hydrogen-bond donors (Lipinski definition) is 2. The largest absolute Gasteiger partial charge is 0.349 e. The lowest BCUT2D eigenvalue weighted by Crippen LogP contribution is -2.25. The third kappa shape index (κ3) is 5.11. The molecule has 0 aliphatic carbocycles. The van der Waals surface area contributed by atoms with Gasteiger partial charge in [-0.3, -0.25) is 14.2 Å². The lowest BCUT2D eigenvalue weighted by Gasteiger charge is -2.12. The zero-order chi connectivity index (χ0) is 25.1. The fourth-order valence-corrected chi connectivity index (χ4v) is 4.81. The van der Waals surface area contributed by atoms with Crippen molar-refractivity contribution in [2.24, 2.45) is 0 Å². The molecule has 2 aromatic heterocycles. The van der Waals surface area contributed by atoms with Gasteiger partial charge < -0.3 is 10.3 Å². The maximum Gasteiger partial charge on any atom is 0.278 e. The minimum atomic E-state index is -0.164. The Hall–Kier alpha value is -4.10. The first-order valence-corrected chi connectivity index (χ1v) is 12.7. The van der Waals surface area contributed by atoms with Crippen LogP contribution in [0, 0.1) is 13.8 Å². The summed E-state index contributed by atoms with van der Waals surface area (Å²) in [5.74, 6) is -0.0155. The lowest BCUT2D eigenvalue weighted by molar-refractivity contribution is -0.113. The van der Waals surface area contributed by atoms with Crippen LogP contribution in [-0.4, -0.2) is 26.2 Å². The van der Waals surface area contributed by atoms with Gasteiger partial charge in [0.15, 0.2) is 5.16 Å². The average molecular weight is 495 g/mol. The van der Waals surface area contributed by atoms with E-state index < -0.39 is 0 Å². The summed E-state index contributed by atoms with van der Waals surface area (Å²) in [6.07, 6.45) is 0. The van der Waals surface area contributed by atoms with Crippen LogP contribution in [0.15, 0.2) is 94.9 Å². The molecule has 1 amide bonds. The molecule has 2 N–H and O–H groups in total. The molecule has 0 radical (unpaired) electrons. The maximum absolute atomic E-state index is 13.6. The van der Waals surface area contributed by atoms with Gasteiger partial charge in [-0.05, 0) is 54.3 Å². The molecule has 180 valence electrons. The van der Waals surface area contributed by atoms with E-state index in [1.807, 2.05) is 98.8 Å². The van der Waals surface area contributed by atoms with Gasteiger partial charge in [-0.1, -0.05) is 78.5 Å². The maximum atomic E-state index is 13.6. The smallest absolute Gasteiger partial charge is 0.278 e. The number of aryl methyl sites for hydroxylation is 2. The number of amides is 1. The van der Waals surface area contributed by atoms with Crippen LogP contribution in [0.1, 0.15) is 16.7 Å². The first kappa shape index (κ1) is 23.6. The van der Waals surface area contributed by atoms with E-state index in [-0.39, 0.29) is 17.2 Å². The van der Waals surface area contributed by atoms with E-state index >= 15 is 0 Å². The van der Waals surface area contributed by atoms with Crippen LogP contribution < -0.4 is 10.9 Å². The quantitative estimate of drug-likeness (QED) is 0.222. The molecule has 0 aliphatic rings. The number of benzene rings is 3. The molecule has 0 unspecified atom stereocenters. The summed E-state index contributed by atoms with van der Waals surface area (Å²) >= 11 is 1.26. The Morgan fingerprint density at radius 3 is 2.39 bits per heavy atom. The molecule has 0 spiro atoms. The van der Waals surface area contributed by atoms with Crippen molar-refractivity contribution in [3.05, 3.63) is 112 Å². The number of carbonyl (C=O) groups is 1. The van der Waals surface area contributed by atoms with E-state index in [4.69, 9.17) is 4.98 Å². The number of aromatic nitrogens is 3. The van der Waals surface area contributed by atoms with Gasteiger partial charge in [-0.2, -0.15) is 0 Å². The van der Waals surface area contributed by atoms with Crippen molar-refractivity contribution < 1.29 is 4.79 Å². The standard InChI is InChI=1S/C29H26N4O2S/c1-19-13-14-23(15-20(19)2)30-26(34)18-36-29-32-25-16-24(22-11-7-4-8-12-22)31-27(25)28(35)33(29)17-21-9-5-3-6-10-21/h3-16,31H,17-18H2,1-2H3,(H,30,34). The summed E-state index contributed by atoms with van der Waals surface area (Å²) < 4.78 is 1.64. The number of nitrogens with one attached hydrogen (secondary N) is 2. The van der Waals surface area contributed by atoms with E-state index in [1.165, 1.54) is 17.3 Å². The highest BCUT2D eigenvalue weighted by Gasteiger charge is 2.17. The van der Waals surface area contributed by atoms with Gasteiger partial charge >= 0.3 is 0 Å². The second-order valence-corrected chi connectivity index (χ2v) is 9.66. The van der Waals surface area contributed by atoms with E-state index in [0.29, 0.717) is 22.7 Å². The van der Waals surface area contributed by atoms with Gasteiger partial charge in [0.25, 0.3) is 5.56 Å². The van der Waals surface area contributed by atoms with Crippen molar-refractivity contribution in [2.75, 3.05) is 11.1 Å². The summed E-state index contributed by atoms with van der Waals surface area (Å²) in [5.41, 5.74) is 6.71. The van der Waals surface area contributed by atoms with Crippen molar-refractivity contribution in [1.29, 1.82) is 0 Å². The van der Waals surface area contributed by atoms with Crippen LogP contribution in [0.25, 0.3) is 22.3 Å². The van der Waals surface area contributed by atoms with E-state index in [0.717, 1.165) is 28.1 Å². The summed E-state index contributed by atoms with van der Waals surface area (Å²) in [4.78, 5) is 34.4. The molecular weight excluding hydrogens is 468 g/mol. The summed E-state index contributed by atoms with van der Waals surface area (Å²) in [5, 5.41) is 3.45. The predicted molar refractivity (Wildman–Crippen MR) is 147 cm³/mol. The Morgan fingerprint density at radius 2 is 1.67 bits per heavy atom. The fraction of sp³-hybridized carbons (Fsp3) is 0.138. The molecule has 3 aromatic carbocycles. The number of hydrogen-bond acceptors (Lipinski definition) is 4. The van der Waals surface area contributed by atoms with Gasteiger partial charge in [-0.25, -0.2) is 4.98 Å². The third-order valence-corrected chi connectivity index (χ3v) is 7.07. The molecular formula is C29H26N4O2S. The topological polar surface area (TPSA) is 79.8 Å². The van der Waals surface area contributed by atoms with Crippen LogP contribution in [0.5, 0.6) is 0 Å². The molecule has 0 atom stereocenters. The van der Waals surface area contributed by atoms with Crippen molar-refractivity contribution in [1.82, 2.24) is 14.5 Å². The minimum absolute atomic E-state index is 0.135. The minimum Gasteiger partial charge on any atom is -0.349 e. The van der Waals surface area contributed by atoms with Gasteiger partial charge in [0.2, 0.25) is 5.91 Å². The normalized spacial score (nSPS) is 11.1. The van der Waals surface area contributed by atoms with Crippen molar-refractivity contribution in [3.63, 3.8) is 0 Å². The Morgan fingerprint density at radius 1 is 0.944 bits per heavy atom. The van der Waals surface area contributed by atoms with E-state index in [9.17, 15) is 9.59 Å². The second-order valence-electron chi connectivity index (χ2n) is 8.72. The van der Waals surface area contributed by atoms with E-state index in [2.05, 4.69) is 10.3 Å². The number of rotatable bonds is 7. The summed E-state index contributed by atoms with van der Waals surface area (Å²) in [6, 6.07) is 27.3. The molecule has 36 heavy (non-hydrogen) atoms. The zero-order valence-corrected chi connectivity index (χ0v) is 20.9. The number of thioether (sulfide) groups is 1. The Bertz CT molecular complexity index is 1590. The monoisotopic (exact) mass is 494 g/mol. The van der Waals surface area contributed by atoms with Crippen LogP contribution in [0.3, 0.4) is 0 Å². The molecule has 7 heteroatoms. The lowest BCUT2D eigenvalue weighted by atomic mass is 10.1. The van der Waals surface area contributed by atoms with Crippen molar-refractivity contribution in [2.45, 2.75) is 25.5 Å². The Labute approximate surface area is 213 Å². The van der Waals surface area contributed by atoms with Gasteiger partial charge in [0.05, 0.1) is 17.8 Å². The Kier molecular flexibility index (Phi) is 6.73. The molecule has 0 bridgehead atoms. The van der Waals surface area contributed by atoms with E-state index in [1.54, 1.807) is 4.57 Å². The summed E-state index contributed by atoms with van der Waals surface area (Å²) in [6.45, 7) is 4.42. The molecule has 5 rings (SSSR count). The SMILES string of the molecule is Cc1ccc(NC(=O)CSc2nc3cc(-c4ccccc4)[nH]c3c(=O)n2Cc2ccccc2)cc1C. The molecule has 0 saturated heterocycles. The van der Waals surface area contributed by atoms with Crippen LogP contribution in [0.4, 0.5) is 5.69 Å². The van der Waals surface area contributed by atoms with Gasteiger partial charge in [0, 0.05) is 11.4 Å². The second kappa shape index (κ2) is 10.3. The van der Waals surface area contributed by atoms with Crippen molar-refractivity contribution >= 4 is 34.4 Å². The number of aromatic amines is 1. The molecule has 6 nitrogen and oxygen atoms in total. The highest BCUT2D eigenvalue weighted by atomic mass is 32.2. The van der Waals surface area contributed by atoms with Gasteiger partial charge in [0.1, 0.15) is 5.52 Å². The Balaban J connectivity index is 1.46. The molecule has 2 heterocycles. The number of H-pyrrole nitrogens is 1. The van der Waals surface area contributed by atoms with Crippen molar-refractivity contribution in [3.8, 4) is 11.3 Å². The van der Waals surface area contributed by atoms with Gasteiger partial charge in [-0.15, -0.1) is 0 Å². The highest BCUT2D eigenvalue weighted by Crippen LogP contribution is 2.24. The highest BCUT2D eigenvalue weighted by molar-refractivity contribution is 7.99. The molecule has 0 fully saturated rings. The van der Waals surface area contributed by atoms with Crippen LogP contribution in [0.2, 0.25) is 0 Å². The number of nitrogens with zero attached hydrogens (tertiary/aromatic N) is 2. The third-order valence-electron chi connectivity index (χ3n) is 6.09. The molecule has 0 saturated carbocycles. The zero-order valence-electron chi connectivity index (χ0n) is 20.1. The first-order chi connectivity index (χ1) is 17.5. The predicted octanol–water partition coefficient (Wildman–Crippen LogP) is 5.79. The molecule has 5 aromatic rings. The van der Waals surface area contributed by atoms with Crippen LogP contribution in [-0.2, 0) is 11.3 Å². The number of fused-ring (bicyclic) bond motifs is 1. The first-order valence-electron chi connectivity index (χ1n) is 11.7. The fourth-order valence-electron chi connectivity index (χ4n) is 4.02. The average Bonchev–Trinajstić information content (AvgIpc) is 3.33. The number of anilines is 1. The molecule has 0 aliphatic heterocycles. The summed E-state index contributed by atoms with van der Waals surface area (Å²) in [7, 11) is 0. The number of carbonyl (C=O) groups excluding carboxylic acids is 1. The van der Waals surface area contributed by atoms with Crippen LogP contribution >= 0.6 is 11.8 Å².